The Morgan fingerprint density at radius 1 is 1.08 bits per heavy atom. The van der Waals surface area contributed by atoms with Gasteiger partial charge in [-0.15, -0.1) is 11.3 Å². The van der Waals surface area contributed by atoms with Crippen LogP contribution in [0.3, 0.4) is 0 Å². The Kier molecular flexibility index (Phi) is 8.42. The number of hydrogen-bond donors (Lipinski definition) is 1. The number of thiophene rings is 1. The highest BCUT2D eigenvalue weighted by Gasteiger charge is 2.46. The Morgan fingerprint density at radius 2 is 1.84 bits per heavy atom. The van der Waals surface area contributed by atoms with Crippen LogP contribution in [0.1, 0.15) is 34.1 Å². The molecule has 9 nitrogen and oxygen atoms in total. The van der Waals surface area contributed by atoms with Crippen molar-refractivity contribution in [2.24, 2.45) is 0 Å². The van der Waals surface area contributed by atoms with Crippen LogP contribution in [0.25, 0.3) is 0 Å². The summed E-state index contributed by atoms with van der Waals surface area (Å²) in [5.74, 6) is -0.838. The lowest BCUT2D eigenvalue weighted by molar-refractivity contribution is -0.124. The molecule has 0 saturated carbocycles. The molecule has 1 aliphatic rings. The maximum absolute atomic E-state index is 13.5. The van der Waals surface area contributed by atoms with Crippen LogP contribution >= 0.6 is 11.3 Å². The van der Waals surface area contributed by atoms with E-state index in [0.29, 0.717) is 35.7 Å². The van der Waals surface area contributed by atoms with E-state index in [1.54, 1.807) is 66.8 Å². The highest BCUT2D eigenvalue weighted by atomic mass is 32.1. The lowest BCUT2D eigenvalue weighted by Crippen LogP contribution is -2.39. The lowest BCUT2D eigenvalue weighted by Gasteiger charge is -2.21. The van der Waals surface area contributed by atoms with Gasteiger partial charge in [-0.2, -0.15) is 0 Å². The monoisotopic (exact) mass is 535 g/mol. The van der Waals surface area contributed by atoms with Crippen molar-refractivity contribution in [2.45, 2.75) is 32.7 Å². The number of carbonyl (C=O) groups is 4. The quantitative estimate of drug-likeness (QED) is 0.299. The summed E-state index contributed by atoms with van der Waals surface area (Å²) >= 11 is 1.59. The van der Waals surface area contributed by atoms with Gasteiger partial charge in [-0.05, 0) is 73.7 Å². The number of rotatable bonds is 10. The second kappa shape index (κ2) is 11.9. The van der Waals surface area contributed by atoms with Crippen LogP contribution in [0.15, 0.2) is 60.0 Å². The first-order valence-electron chi connectivity index (χ1n) is 12.2. The van der Waals surface area contributed by atoms with E-state index < -0.39 is 29.9 Å². The van der Waals surface area contributed by atoms with E-state index in [4.69, 9.17) is 9.47 Å². The first kappa shape index (κ1) is 26.9. The van der Waals surface area contributed by atoms with Crippen LogP contribution in [0, 0.1) is 6.92 Å². The van der Waals surface area contributed by atoms with Crippen LogP contribution in [0.4, 0.5) is 16.2 Å². The number of amides is 4. The molecule has 10 heteroatoms. The van der Waals surface area contributed by atoms with Crippen molar-refractivity contribution < 1.29 is 28.7 Å². The average Bonchev–Trinajstić information content (AvgIpc) is 3.42. The zero-order valence-electron chi connectivity index (χ0n) is 21.4. The van der Waals surface area contributed by atoms with Gasteiger partial charge in [0.2, 0.25) is 5.91 Å². The minimum atomic E-state index is -0.965. The molecule has 4 amide bonds. The molecule has 0 radical (unpaired) electrons. The molecule has 2 aromatic carbocycles. The zero-order chi connectivity index (χ0) is 27.2. The molecule has 38 heavy (non-hydrogen) atoms. The fourth-order valence-corrected chi connectivity index (χ4v) is 5.15. The van der Waals surface area contributed by atoms with Crippen molar-refractivity contribution in [3.63, 3.8) is 0 Å². The Morgan fingerprint density at radius 3 is 2.50 bits per heavy atom. The Hall–Kier alpha value is -4.18. The lowest BCUT2D eigenvalue weighted by atomic mass is 10.1. The normalized spacial score (nSPS) is 15.1. The van der Waals surface area contributed by atoms with Gasteiger partial charge < -0.3 is 19.7 Å². The number of nitrogens with zero attached hydrogens (tertiary/aromatic N) is 2. The first-order chi connectivity index (χ1) is 18.3. The third-order valence-electron chi connectivity index (χ3n) is 6.24. The van der Waals surface area contributed by atoms with Crippen LogP contribution in [-0.4, -0.2) is 55.0 Å². The van der Waals surface area contributed by atoms with E-state index in [2.05, 4.69) is 5.32 Å². The molecule has 3 aromatic rings. The maximum Gasteiger partial charge on any atom is 0.338 e. The summed E-state index contributed by atoms with van der Waals surface area (Å²) in [6.07, 6.45) is 0.357. The van der Waals surface area contributed by atoms with Crippen LogP contribution < -0.4 is 15.0 Å². The summed E-state index contributed by atoms with van der Waals surface area (Å²) in [5, 5.41) is 4.75. The minimum absolute atomic E-state index is 0.214. The average molecular weight is 536 g/mol. The molecule has 0 aliphatic carbocycles. The summed E-state index contributed by atoms with van der Waals surface area (Å²) in [6.45, 7) is 4.28. The maximum atomic E-state index is 13.5. The van der Waals surface area contributed by atoms with E-state index in [-0.39, 0.29) is 13.0 Å². The summed E-state index contributed by atoms with van der Waals surface area (Å²) in [6, 6.07) is 13.6. The van der Waals surface area contributed by atoms with Gasteiger partial charge in [-0.3, -0.25) is 9.59 Å². The SMILES string of the molecule is CCOC(=O)c1ccc(NC(=O)C[C@@H]2C(=O)N(c3cccc(OC)c3)C(=O)N2CCc2sccc2C)cc1. The Labute approximate surface area is 225 Å². The number of nitrogens with one attached hydrogen (secondary N) is 1. The Bertz CT molecular complexity index is 1340. The van der Waals surface area contributed by atoms with Gasteiger partial charge in [-0.25, -0.2) is 14.5 Å². The van der Waals surface area contributed by atoms with Gasteiger partial charge in [0.1, 0.15) is 11.8 Å². The number of aryl methyl sites for hydroxylation is 1. The molecular formula is C28H29N3O6S. The molecule has 4 rings (SSSR count). The molecule has 198 valence electrons. The fraction of sp³-hybridized carbons (Fsp3) is 0.286. The van der Waals surface area contributed by atoms with E-state index in [1.165, 1.54) is 12.0 Å². The highest BCUT2D eigenvalue weighted by molar-refractivity contribution is 7.10. The topological polar surface area (TPSA) is 105 Å². The standard InChI is InChI=1S/C28H29N3O6S/c1-4-37-27(34)19-8-10-20(11-9-19)29-25(32)17-23-26(33)31(21-6-5-7-22(16-21)36-3)28(35)30(23)14-12-24-18(2)13-15-38-24/h5-11,13,15-16,23H,4,12,14,17H2,1-3H3,(H,29,32)/t23-/m1/s1. The molecular weight excluding hydrogens is 506 g/mol. The number of imide groups is 1. The molecule has 1 saturated heterocycles. The highest BCUT2D eigenvalue weighted by Crippen LogP contribution is 2.30. The number of hydrogen-bond acceptors (Lipinski definition) is 7. The minimum Gasteiger partial charge on any atom is -0.497 e. The van der Waals surface area contributed by atoms with E-state index in [1.807, 2.05) is 18.4 Å². The van der Waals surface area contributed by atoms with Crippen molar-refractivity contribution in [3.05, 3.63) is 76.0 Å². The number of benzene rings is 2. The smallest absolute Gasteiger partial charge is 0.338 e. The fourth-order valence-electron chi connectivity index (χ4n) is 4.25. The third-order valence-corrected chi connectivity index (χ3v) is 7.32. The van der Waals surface area contributed by atoms with Gasteiger partial charge in [0, 0.05) is 23.2 Å². The number of carbonyl (C=O) groups excluding carboxylic acids is 4. The molecule has 2 heterocycles. The van der Waals surface area contributed by atoms with Crippen LogP contribution in [0.5, 0.6) is 5.75 Å². The zero-order valence-corrected chi connectivity index (χ0v) is 22.2. The van der Waals surface area contributed by atoms with Gasteiger partial charge in [0.15, 0.2) is 0 Å². The number of urea groups is 1. The van der Waals surface area contributed by atoms with Crippen molar-refractivity contribution in [3.8, 4) is 5.75 Å². The first-order valence-corrected chi connectivity index (χ1v) is 13.1. The van der Waals surface area contributed by atoms with Crippen molar-refractivity contribution in [1.82, 2.24) is 4.90 Å². The predicted octanol–water partition coefficient (Wildman–Crippen LogP) is 4.65. The Balaban J connectivity index is 1.52. The second-order valence-corrected chi connectivity index (χ2v) is 9.69. The number of esters is 1. The third kappa shape index (κ3) is 5.86. The summed E-state index contributed by atoms with van der Waals surface area (Å²) in [5.41, 5.74) is 2.34. The molecule has 1 aliphatic heterocycles. The van der Waals surface area contributed by atoms with Crippen LogP contribution in [0.2, 0.25) is 0 Å². The van der Waals surface area contributed by atoms with Gasteiger partial charge in [-0.1, -0.05) is 6.07 Å². The van der Waals surface area contributed by atoms with Crippen molar-refractivity contribution in [1.29, 1.82) is 0 Å². The molecule has 0 unspecified atom stereocenters. The number of anilines is 2. The van der Waals surface area contributed by atoms with E-state index in [0.717, 1.165) is 15.3 Å². The van der Waals surface area contributed by atoms with E-state index in [9.17, 15) is 19.2 Å². The summed E-state index contributed by atoms with van der Waals surface area (Å²) in [7, 11) is 1.51. The van der Waals surface area contributed by atoms with Gasteiger partial charge in [0.05, 0.1) is 31.4 Å². The molecule has 1 aromatic heterocycles. The second-order valence-electron chi connectivity index (χ2n) is 8.69. The number of ether oxygens (including phenoxy) is 2. The molecule has 0 bridgehead atoms. The summed E-state index contributed by atoms with van der Waals surface area (Å²) in [4.78, 5) is 55.6. The number of methoxy groups -OCH3 is 1. The summed E-state index contributed by atoms with van der Waals surface area (Å²) < 4.78 is 10.2. The van der Waals surface area contributed by atoms with Crippen molar-refractivity contribution >= 4 is 46.5 Å². The molecule has 0 spiro atoms. The van der Waals surface area contributed by atoms with Crippen molar-refractivity contribution in [2.75, 3.05) is 30.5 Å². The van der Waals surface area contributed by atoms with Crippen LogP contribution in [-0.2, 0) is 20.7 Å². The molecule has 1 N–H and O–H groups in total. The molecule has 1 fully saturated rings. The largest absolute Gasteiger partial charge is 0.497 e. The van der Waals surface area contributed by atoms with Gasteiger partial charge >= 0.3 is 12.0 Å². The predicted molar refractivity (Wildman–Crippen MR) is 145 cm³/mol. The molecule has 1 atom stereocenters. The van der Waals surface area contributed by atoms with Gasteiger partial charge in [0.25, 0.3) is 5.91 Å². The van der Waals surface area contributed by atoms with E-state index >= 15 is 0 Å².